The summed E-state index contributed by atoms with van der Waals surface area (Å²) in [7, 11) is 0. The van der Waals surface area contributed by atoms with Crippen LogP contribution in [0.3, 0.4) is 0 Å². The number of carbonyl (C=O) groups is 1. The van der Waals surface area contributed by atoms with Crippen molar-refractivity contribution in [3.63, 3.8) is 0 Å². The Kier molecular flexibility index (Phi) is 5.83. The Bertz CT molecular complexity index is 1390. The minimum atomic E-state index is -0.251. The van der Waals surface area contributed by atoms with Crippen LogP contribution in [0.5, 0.6) is 0 Å². The van der Waals surface area contributed by atoms with Crippen molar-refractivity contribution < 1.29 is 4.79 Å². The molecule has 0 unspecified atom stereocenters. The number of amides is 1. The Morgan fingerprint density at radius 3 is 2.68 bits per heavy atom. The number of nitriles is 1. The molecule has 1 amide bonds. The van der Waals surface area contributed by atoms with Crippen LogP contribution in [-0.2, 0) is 4.79 Å². The van der Waals surface area contributed by atoms with Gasteiger partial charge in [0.1, 0.15) is 0 Å². The molecule has 31 heavy (non-hydrogen) atoms. The van der Waals surface area contributed by atoms with Crippen LogP contribution in [0.4, 0.5) is 5.69 Å². The third kappa shape index (κ3) is 4.34. The van der Waals surface area contributed by atoms with E-state index in [1.807, 2.05) is 49.4 Å². The van der Waals surface area contributed by atoms with Crippen molar-refractivity contribution in [3.05, 3.63) is 94.3 Å². The van der Waals surface area contributed by atoms with Gasteiger partial charge in [0.15, 0.2) is 5.16 Å². The molecule has 6 nitrogen and oxygen atoms in total. The number of fused-ring (bicyclic) bond motifs is 1. The van der Waals surface area contributed by atoms with Gasteiger partial charge in [0.25, 0.3) is 5.56 Å². The number of anilines is 1. The molecular weight excluding hydrogens is 408 g/mol. The lowest BCUT2D eigenvalue weighted by Gasteiger charge is -2.15. The molecule has 1 aromatic heterocycles. The zero-order chi connectivity index (χ0) is 21.8. The Morgan fingerprint density at radius 1 is 1.10 bits per heavy atom. The molecule has 1 N–H and O–H groups in total. The second-order valence-corrected chi connectivity index (χ2v) is 7.81. The lowest BCUT2D eigenvalue weighted by molar-refractivity contribution is -0.113. The number of carbonyl (C=O) groups excluding carboxylic acids is 1. The van der Waals surface area contributed by atoms with Gasteiger partial charge in [-0.15, -0.1) is 0 Å². The molecule has 0 aliphatic heterocycles. The zero-order valence-corrected chi connectivity index (χ0v) is 17.5. The summed E-state index contributed by atoms with van der Waals surface area (Å²) in [5.74, 6) is -0.188. The monoisotopic (exact) mass is 426 g/mol. The predicted molar refractivity (Wildman–Crippen MR) is 123 cm³/mol. The Morgan fingerprint density at radius 2 is 1.87 bits per heavy atom. The van der Waals surface area contributed by atoms with Gasteiger partial charge >= 0.3 is 0 Å². The van der Waals surface area contributed by atoms with Crippen molar-refractivity contribution in [1.29, 1.82) is 5.26 Å². The molecule has 152 valence electrons. The first-order chi connectivity index (χ1) is 15.1. The van der Waals surface area contributed by atoms with Crippen molar-refractivity contribution in [2.45, 2.75) is 12.1 Å². The first-order valence-electron chi connectivity index (χ1n) is 9.57. The first-order valence-corrected chi connectivity index (χ1v) is 10.6. The molecule has 3 aromatic carbocycles. The van der Waals surface area contributed by atoms with E-state index in [2.05, 4.69) is 10.3 Å². The molecule has 1 heterocycles. The molecule has 0 fully saturated rings. The van der Waals surface area contributed by atoms with E-state index in [1.54, 1.807) is 41.0 Å². The average molecular weight is 427 g/mol. The largest absolute Gasteiger partial charge is 0.325 e. The summed E-state index contributed by atoms with van der Waals surface area (Å²) in [4.78, 5) is 30.5. The van der Waals surface area contributed by atoms with E-state index in [0.29, 0.717) is 27.3 Å². The summed E-state index contributed by atoms with van der Waals surface area (Å²) in [5.41, 5.74) is 3.09. The maximum Gasteiger partial charge on any atom is 0.266 e. The van der Waals surface area contributed by atoms with Crippen LogP contribution in [0.25, 0.3) is 16.6 Å². The summed E-state index contributed by atoms with van der Waals surface area (Å²) in [6.45, 7) is 1.93. The van der Waals surface area contributed by atoms with Gasteiger partial charge < -0.3 is 5.32 Å². The highest BCUT2D eigenvalue weighted by atomic mass is 32.2. The summed E-state index contributed by atoms with van der Waals surface area (Å²) < 4.78 is 1.56. The van der Waals surface area contributed by atoms with Crippen molar-refractivity contribution in [2.24, 2.45) is 0 Å². The molecule has 0 bridgehead atoms. The second-order valence-electron chi connectivity index (χ2n) is 6.87. The number of thioether (sulfide) groups is 1. The molecule has 0 spiro atoms. The van der Waals surface area contributed by atoms with Crippen LogP contribution in [-0.4, -0.2) is 21.2 Å². The van der Waals surface area contributed by atoms with Gasteiger partial charge in [0.2, 0.25) is 5.91 Å². The van der Waals surface area contributed by atoms with Gasteiger partial charge in [-0.05, 0) is 48.9 Å². The summed E-state index contributed by atoms with van der Waals surface area (Å²) in [6.07, 6.45) is 0. The van der Waals surface area contributed by atoms with E-state index in [0.717, 1.165) is 11.3 Å². The molecule has 4 aromatic rings. The normalized spacial score (nSPS) is 10.6. The maximum absolute atomic E-state index is 13.3. The molecule has 4 rings (SSSR count). The van der Waals surface area contributed by atoms with E-state index < -0.39 is 0 Å². The van der Waals surface area contributed by atoms with Crippen LogP contribution in [0.2, 0.25) is 0 Å². The number of benzene rings is 3. The van der Waals surface area contributed by atoms with E-state index in [1.165, 1.54) is 11.8 Å². The minimum absolute atomic E-state index is 0.0629. The van der Waals surface area contributed by atoms with Crippen LogP contribution >= 0.6 is 11.8 Å². The van der Waals surface area contributed by atoms with Crippen LogP contribution < -0.4 is 10.9 Å². The third-order valence-corrected chi connectivity index (χ3v) is 5.65. The third-order valence-electron chi connectivity index (χ3n) is 4.71. The smallest absolute Gasteiger partial charge is 0.266 e. The lowest BCUT2D eigenvalue weighted by Crippen LogP contribution is -2.23. The molecular formula is C24H18N4O2S. The highest BCUT2D eigenvalue weighted by molar-refractivity contribution is 7.99. The standard InChI is InChI=1S/C24H18N4O2S/c1-16-7-2-5-12-21(16)28-23(30)19-10-3-4-11-20(19)27-24(28)31-15-22(29)26-18-9-6-8-17(13-18)14-25/h2-13H,15H2,1H3,(H,26,29). The number of para-hydroxylation sites is 2. The highest BCUT2D eigenvalue weighted by Gasteiger charge is 2.16. The first kappa shape index (κ1) is 20.4. The second kappa shape index (κ2) is 8.86. The molecule has 0 atom stereocenters. The molecule has 0 aliphatic rings. The lowest BCUT2D eigenvalue weighted by atomic mass is 10.2. The number of hydrogen-bond acceptors (Lipinski definition) is 5. The van der Waals surface area contributed by atoms with Gasteiger partial charge in [-0.3, -0.25) is 14.2 Å². The average Bonchev–Trinajstić information content (AvgIpc) is 2.79. The predicted octanol–water partition coefficient (Wildman–Crippen LogP) is 4.30. The van der Waals surface area contributed by atoms with Crippen LogP contribution in [0, 0.1) is 18.3 Å². The number of rotatable bonds is 5. The number of hydrogen-bond donors (Lipinski definition) is 1. The molecule has 0 saturated heterocycles. The molecule has 0 aliphatic carbocycles. The Balaban J connectivity index is 1.67. The fourth-order valence-electron chi connectivity index (χ4n) is 3.23. The van der Waals surface area contributed by atoms with Crippen molar-refractivity contribution in [1.82, 2.24) is 9.55 Å². The number of nitrogens with zero attached hydrogens (tertiary/aromatic N) is 3. The van der Waals surface area contributed by atoms with Crippen molar-refractivity contribution in [2.75, 3.05) is 11.1 Å². The van der Waals surface area contributed by atoms with Gasteiger partial charge in [-0.25, -0.2) is 4.98 Å². The fraction of sp³-hybridized carbons (Fsp3) is 0.0833. The van der Waals surface area contributed by atoms with Crippen molar-refractivity contribution in [3.8, 4) is 11.8 Å². The summed E-state index contributed by atoms with van der Waals surface area (Å²) in [6, 6.07) is 23.5. The van der Waals surface area contributed by atoms with E-state index >= 15 is 0 Å². The van der Waals surface area contributed by atoms with Gasteiger partial charge in [-0.1, -0.05) is 48.2 Å². The van der Waals surface area contributed by atoms with E-state index in [-0.39, 0.29) is 17.2 Å². The van der Waals surface area contributed by atoms with Crippen molar-refractivity contribution >= 4 is 34.3 Å². The number of nitrogens with one attached hydrogen (secondary N) is 1. The maximum atomic E-state index is 13.3. The molecule has 0 saturated carbocycles. The van der Waals surface area contributed by atoms with Gasteiger partial charge in [0, 0.05) is 5.69 Å². The van der Waals surface area contributed by atoms with Crippen LogP contribution in [0.15, 0.2) is 82.7 Å². The fourth-order valence-corrected chi connectivity index (χ4v) is 4.04. The van der Waals surface area contributed by atoms with Gasteiger partial charge in [0.05, 0.1) is 34.0 Å². The minimum Gasteiger partial charge on any atom is -0.325 e. The van der Waals surface area contributed by atoms with E-state index in [9.17, 15) is 9.59 Å². The number of aromatic nitrogens is 2. The zero-order valence-electron chi connectivity index (χ0n) is 16.7. The van der Waals surface area contributed by atoms with Gasteiger partial charge in [-0.2, -0.15) is 5.26 Å². The summed E-state index contributed by atoms with van der Waals surface area (Å²) >= 11 is 1.19. The highest BCUT2D eigenvalue weighted by Crippen LogP contribution is 2.23. The number of aryl methyl sites for hydroxylation is 1. The Labute approximate surface area is 183 Å². The SMILES string of the molecule is Cc1ccccc1-n1c(SCC(=O)Nc2cccc(C#N)c2)nc2ccccc2c1=O. The van der Waals surface area contributed by atoms with Crippen LogP contribution in [0.1, 0.15) is 11.1 Å². The molecule has 7 heteroatoms. The van der Waals surface area contributed by atoms with E-state index in [4.69, 9.17) is 5.26 Å². The molecule has 0 radical (unpaired) electrons. The quantitative estimate of drug-likeness (QED) is 0.380. The summed E-state index contributed by atoms with van der Waals surface area (Å²) in [5, 5.41) is 12.8. The topological polar surface area (TPSA) is 87.8 Å². The Hall–Kier alpha value is -3.89.